The maximum atomic E-state index is 13.3. The van der Waals surface area contributed by atoms with Gasteiger partial charge in [-0.1, -0.05) is 66.2 Å². The largest absolute Gasteiger partial charge is 0.396 e. The van der Waals surface area contributed by atoms with Crippen LogP contribution in [0.5, 0.6) is 0 Å². The number of benzene rings is 3. The van der Waals surface area contributed by atoms with E-state index in [-0.39, 0.29) is 18.6 Å². The van der Waals surface area contributed by atoms with E-state index in [4.69, 9.17) is 0 Å². The normalized spacial score (nSPS) is 15.7. The van der Waals surface area contributed by atoms with Crippen LogP contribution in [0.15, 0.2) is 72.8 Å². The minimum absolute atomic E-state index is 0.0317. The van der Waals surface area contributed by atoms with Gasteiger partial charge in [-0.25, -0.2) is 0 Å². The summed E-state index contributed by atoms with van der Waals surface area (Å²) in [7, 11) is 0. The summed E-state index contributed by atoms with van der Waals surface area (Å²) in [4.78, 5) is 18.8. The molecule has 1 aliphatic rings. The molecule has 1 unspecified atom stereocenters. The maximum absolute atomic E-state index is 13.3. The molecule has 1 aliphatic heterocycles. The number of aliphatic hydroxyl groups is 1. The molecule has 2 heterocycles. The van der Waals surface area contributed by atoms with E-state index >= 15 is 0 Å². The molecule has 0 radical (unpaired) electrons. The number of nitrogens with one attached hydrogen (secondary N) is 1. The van der Waals surface area contributed by atoms with Crippen molar-refractivity contribution in [1.82, 2.24) is 9.88 Å². The van der Waals surface area contributed by atoms with E-state index in [1.165, 1.54) is 5.56 Å². The Morgan fingerprint density at radius 2 is 1.70 bits per heavy atom. The fraction of sp³-hybridized carbons (Fsp3) is 0.192. The molecule has 4 heteroatoms. The second-order valence-corrected chi connectivity index (χ2v) is 7.89. The molecule has 0 bridgehead atoms. The minimum Gasteiger partial charge on any atom is -0.396 e. The van der Waals surface area contributed by atoms with Crippen LogP contribution in [0, 0.1) is 6.92 Å². The van der Waals surface area contributed by atoms with E-state index < -0.39 is 0 Å². The molecule has 0 spiro atoms. The lowest BCUT2D eigenvalue weighted by molar-refractivity contribution is 0.0739. The highest BCUT2D eigenvalue weighted by Crippen LogP contribution is 2.45. The lowest BCUT2D eigenvalue weighted by atomic mass is 9.93. The monoisotopic (exact) mass is 396 g/mol. The summed E-state index contributed by atoms with van der Waals surface area (Å²) in [5, 5.41) is 10.6. The average molecular weight is 396 g/mol. The summed E-state index contributed by atoms with van der Waals surface area (Å²) in [5.41, 5.74) is 7.31. The summed E-state index contributed by atoms with van der Waals surface area (Å²) in [6, 6.07) is 24.4. The molecule has 0 aliphatic carbocycles. The van der Waals surface area contributed by atoms with Crippen LogP contribution in [0.3, 0.4) is 0 Å². The molecule has 0 saturated heterocycles. The van der Waals surface area contributed by atoms with E-state index in [0.29, 0.717) is 13.0 Å². The van der Waals surface area contributed by atoms with Crippen molar-refractivity contribution in [3.05, 3.63) is 95.1 Å². The smallest absolute Gasteiger partial charge is 0.255 e. The first-order valence-electron chi connectivity index (χ1n) is 10.4. The predicted octanol–water partition coefficient (Wildman–Crippen LogP) is 5.07. The van der Waals surface area contributed by atoms with Gasteiger partial charge in [0.2, 0.25) is 0 Å². The van der Waals surface area contributed by atoms with Gasteiger partial charge in [-0.05, 0) is 36.6 Å². The summed E-state index contributed by atoms with van der Waals surface area (Å²) >= 11 is 0. The summed E-state index contributed by atoms with van der Waals surface area (Å²) < 4.78 is 0. The molecule has 1 amide bonds. The number of para-hydroxylation sites is 1. The molecule has 0 saturated carbocycles. The van der Waals surface area contributed by atoms with Crippen molar-refractivity contribution in [2.75, 3.05) is 13.2 Å². The minimum atomic E-state index is -0.187. The Balaban J connectivity index is 1.77. The molecule has 3 aromatic carbocycles. The van der Waals surface area contributed by atoms with E-state index in [9.17, 15) is 9.90 Å². The molecule has 5 rings (SSSR count). The van der Waals surface area contributed by atoms with Crippen LogP contribution in [0.4, 0.5) is 0 Å². The number of fused-ring (bicyclic) bond motifs is 2. The van der Waals surface area contributed by atoms with Gasteiger partial charge in [-0.3, -0.25) is 4.79 Å². The van der Waals surface area contributed by atoms with Crippen molar-refractivity contribution in [2.24, 2.45) is 0 Å². The van der Waals surface area contributed by atoms with Gasteiger partial charge < -0.3 is 15.0 Å². The summed E-state index contributed by atoms with van der Waals surface area (Å²) in [6.07, 6.45) is 0.554. The van der Waals surface area contributed by atoms with Crippen LogP contribution < -0.4 is 0 Å². The van der Waals surface area contributed by atoms with Crippen LogP contribution in [0.25, 0.3) is 22.2 Å². The fourth-order valence-electron chi connectivity index (χ4n) is 4.55. The molecule has 150 valence electrons. The zero-order valence-corrected chi connectivity index (χ0v) is 16.9. The highest BCUT2D eigenvalue weighted by molar-refractivity contribution is 6.02. The number of rotatable bonds is 5. The summed E-state index contributed by atoms with van der Waals surface area (Å²) in [5.74, 6) is 0.0317. The number of hydrogen-bond acceptors (Lipinski definition) is 2. The van der Waals surface area contributed by atoms with Gasteiger partial charge >= 0.3 is 0 Å². The highest BCUT2D eigenvalue weighted by Gasteiger charge is 2.39. The first kappa shape index (κ1) is 18.6. The van der Waals surface area contributed by atoms with Gasteiger partial charge in [-0.15, -0.1) is 0 Å². The number of aryl methyl sites for hydroxylation is 1. The quantitative estimate of drug-likeness (QED) is 0.495. The Kier molecular flexibility index (Phi) is 4.64. The molecular formula is C26H24N2O2. The zero-order valence-electron chi connectivity index (χ0n) is 16.9. The Labute approximate surface area is 175 Å². The van der Waals surface area contributed by atoms with Gasteiger partial charge in [0.15, 0.2) is 0 Å². The van der Waals surface area contributed by atoms with Crippen molar-refractivity contribution in [2.45, 2.75) is 19.4 Å². The lowest BCUT2D eigenvalue weighted by Crippen LogP contribution is -2.30. The van der Waals surface area contributed by atoms with E-state index in [2.05, 4.69) is 54.4 Å². The number of carbonyl (C=O) groups is 1. The molecule has 4 aromatic rings. The third-order valence-electron chi connectivity index (χ3n) is 5.98. The molecular weight excluding hydrogens is 372 g/mol. The lowest BCUT2D eigenvalue weighted by Gasteiger charge is -2.26. The Bertz CT molecular complexity index is 1220. The van der Waals surface area contributed by atoms with Gasteiger partial charge in [-0.2, -0.15) is 0 Å². The van der Waals surface area contributed by atoms with Gasteiger partial charge in [0.1, 0.15) is 0 Å². The molecule has 4 nitrogen and oxygen atoms in total. The van der Waals surface area contributed by atoms with Gasteiger partial charge in [0.25, 0.3) is 5.91 Å². The Hall–Kier alpha value is -3.37. The number of nitrogens with zero attached hydrogens (tertiary/aromatic N) is 1. The number of H-pyrrole nitrogens is 1. The van der Waals surface area contributed by atoms with E-state index in [1.807, 2.05) is 35.2 Å². The number of aliphatic hydroxyl groups excluding tert-OH is 1. The van der Waals surface area contributed by atoms with Crippen molar-refractivity contribution < 1.29 is 9.90 Å². The molecule has 2 N–H and O–H groups in total. The van der Waals surface area contributed by atoms with Crippen molar-refractivity contribution in [1.29, 1.82) is 0 Å². The second kappa shape index (κ2) is 7.47. The molecule has 0 fully saturated rings. The fourth-order valence-corrected chi connectivity index (χ4v) is 4.55. The van der Waals surface area contributed by atoms with Crippen molar-refractivity contribution in [3.8, 4) is 11.3 Å². The first-order valence-corrected chi connectivity index (χ1v) is 10.4. The SMILES string of the molecule is Cc1ccc(-c2[nH]c3ccccc3c2C2c3ccccc3C(=O)N2CCCO)cc1. The standard InChI is InChI=1S/C26H24N2O2/c1-17-11-13-18(14-12-17)24-23(21-9-4-5-10-22(21)27-24)25-19-7-2-3-8-20(19)26(30)28(25)15-6-16-29/h2-5,7-14,25,27,29H,6,15-16H2,1H3. The van der Waals surface area contributed by atoms with E-state index in [0.717, 1.165) is 38.9 Å². The molecule has 1 atom stereocenters. The van der Waals surface area contributed by atoms with Crippen LogP contribution in [0.1, 0.15) is 39.5 Å². The van der Waals surface area contributed by atoms with Crippen LogP contribution >= 0.6 is 0 Å². The van der Waals surface area contributed by atoms with Crippen LogP contribution in [-0.4, -0.2) is 34.0 Å². The molecule has 30 heavy (non-hydrogen) atoms. The topological polar surface area (TPSA) is 56.3 Å². The Morgan fingerprint density at radius 3 is 2.50 bits per heavy atom. The van der Waals surface area contributed by atoms with Crippen molar-refractivity contribution in [3.63, 3.8) is 0 Å². The number of aromatic nitrogens is 1. The second-order valence-electron chi connectivity index (χ2n) is 7.89. The number of amides is 1. The van der Waals surface area contributed by atoms with Crippen molar-refractivity contribution >= 4 is 16.8 Å². The van der Waals surface area contributed by atoms with Gasteiger partial charge in [0, 0.05) is 35.2 Å². The third-order valence-corrected chi connectivity index (χ3v) is 5.98. The highest BCUT2D eigenvalue weighted by atomic mass is 16.3. The average Bonchev–Trinajstić information content (AvgIpc) is 3.28. The number of hydrogen-bond donors (Lipinski definition) is 2. The van der Waals surface area contributed by atoms with E-state index in [1.54, 1.807) is 0 Å². The van der Waals surface area contributed by atoms with Crippen LogP contribution in [0.2, 0.25) is 0 Å². The predicted molar refractivity (Wildman–Crippen MR) is 119 cm³/mol. The molecule has 1 aromatic heterocycles. The summed E-state index contributed by atoms with van der Waals surface area (Å²) in [6.45, 7) is 2.66. The number of aromatic amines is 1. The first-order chi connectivity index (χ1) is 14.7. The Morgan fingerprint density at radius 1 is 0.967 bits per heavy atom. The third kappa shape index (κ3) is 2.92. The van der Waals surface area contributed by atoms with Crippen LogP contribution in [-0.2, 0) is 0 Å². The maximum Gasteiger partial charge on any atom is 0.255 e. The zero-order chi connectivity index (χ0) is 20.7. The number of carbonyl (C=O) groups excluding carboxylic acids is 1. The van der Waals surface area contributed by atoms with Gasteiger partial charge in [0.05, 0.1) is 11.7 Å².